The number of hydrogen-bond donors (Lipinski definition) is 0. The average Bonchev–Trinajstić information content (AvgIpc) is 3.12. The van der Waals surface area contributed by atoms with Gasteiger partial charge in [0.2, 0.25) is 0 Å². The minimum absolute atomic E-state index is 0.364. The van der Waals surface area contributed by atoms with Gasteiger partial charge in [0, 0.05) is 24.3 Å². The highest BCUT2D eigenvalue weighted by atomic mass is 33.1. The molecule has 4 nitrogen and oxygen atoms in total. The molecule has 66 heavy (non-hydrogen) atoms. The third kappa shape index (κ3) is 10.4. The number of ether oxygens (including phenoxy) is 2. The molecule has 40 heteroatoms. The lowest BCUT2D eigenvalue weighted by Crippen LogP contribution is -2.74. The van der Waals surface area contributed by atoms with Gasteiger partial charge < -0.3 is 9.47 Å². The van der Waals surface area contributed by atoms with E-state index >= 15 is 0 Å². The van der Waals surface area contributed by atoms with Crippen LogP contribution in [0.15, 0.2) is 0 Å². The van der Waals surface area contributed by atoms with Gasteiger partial charge in [0.1, 0.15) is 13.2 Å². The standard InChI is InChI=1S/C26H16F34O4S2/c27-11(28,13(31,32)15(35,36)17(39,40)19(43,44)21(47,48)23(51,52)25(55,56)57)3-1-9(61)63-5-7-65-66-8-6-64-10(62)2-4-12(29,30)14(33,34)16(37,38)18(41,42)20(45,46)22(49,50)24(53,54)26(58,59)60/h1-8H2. The summed E-state index contributed by atoms with van der Waals surface area (Å²) >= 11 is 0. The predicted octanol–water partition coefficient (Wildman–Crippen LogP) is 13.0. The monoisotopic (exact) mass is 1100 g/mol. The molecule has 0 aromatic heterocycles. The number of hydrogen-bond acceptors (Lipinski definition) is 6. The van der Waals surface area contributed by atoms with Crippen molar-refractivity contribution in [2.45, 2.75) is 121 Å². The van der Waals surface area contributed by atoms with E-state index in [1.807, 2.05) is 0 Å². The summed E-state index contributed by atoms with van der Waals surface area (Å²) in [6, 6.07) is 0. The molecule has 0 aliphatic carbocycles. The second-order valence-electron chi connectivity index (χ2n) is 12.4. The third-order valence-electron chi connectivity index (χ3n) is 7.80. The van der Waals surface area contributed by atoms with Crippen LogP contribution in [0.3, 0.4) is 0 Å². The first kappa shape index (κ1) is 63.3. The molecular weight excluding hydrogens is 1090 g/mol. The van der Waals surface area contributed by atoms with Gasteiger partial charge in [-0.15, -0.1) is 0 Å². The topological polar surface area (TPSA) is 52.6 Å². The number of rotatable bonds is 25. The maximum Gasteiger partial charge on any atom is 0.460 e. The molecule has 0 saturated heterocycles. The Labute approximate surface area is 348 Å². The highest BCUT2D eigenvalue weighted by Gasteiger charge is 2.97. The predicted molar refractivity (Wildman–Crippen MR) is 147 cm³/mol. The molecule has 0 radical (unpaired) electrons. The van der Waals surface area contributed by atoms with E-state index < -0.39 is 158 Å². The fourth-order valence-corrected chi connectivity index (χ4v) is 5.52. The van der Waals surface area contributed by atoms with Crippen LogP contribution < -0.4 is 0 Å². The van der Waals surface area contributed by atoms with Crippen molar-refractivity contribution in [2.24, 2.45) is 0 Å². The largest absolute Gasteiger partial charge is 0.465 e. The average molecular weight is 1100 g/mol. The fourth-order valence-electron chi connectivity index (χ4n) is 3.87. The lowest BCUT2D eigenvalue weighted by Gasteiger charge is -2.42. The van der Waals surface area contributed by atoms with Crippen molar-refractivity contribution >= 4 is 33.5 Å². The fraction of sp³-hybridized carbons (Fsp3) is 0.923. The van der Waals surface area contributed by atoms with Crippen LogP contribution in [-0.2, 0) is 19.1 Å². The van der Waals surface area contributed by atoms with E-state index in [4.69, 9.17) is 0 Å². The molecule has 0 atom stereocenters. The molecule has 394 valence electrons. The second-order valence-corrected chi connectivity index (χ2v) is 15.1. The summed E-state index contributed by atoms with van der Waals surface area (Å²) in [6.07, 6.45) is -26.9. The van der Waals surface area contributed by atoms with Crippen LogP contribution in [0.1, 0.15) is 25.7 Å². The first-order valence-corrected chi connectivity index (χ1v) is 18.0. The quantitative estimate of drug-likeness (QED) is 0.0393. The van der Waals surface area contributed by atoms with Crippen LogP contribution in [0.4, 0.5) is 149 Å². The van der Waals surface area contributed by atoms with E-state index in [0.717, 1.165) is 0 Å². The molecule has 0 aromatic rings. The highest BCUT2D eigenvalue weighted by molar-refractivity contribution is 8.76. The molecule has 0 rings (SSSR count). The van der Waals surface area contributed by atoms with E-state index in [1.165, 1.54) is 0 Å². The van der Waals surface area contributed by atoms with Gasteiger partial charge in [-0.1, -0.05) is 21.6 Å². The Morgan fingerprint density at radius 2 is 0.470 bits per heavy atom. The van der Waals surface area contributed by atoms with E-state index in [1.54, 1.807) is 0 Å². The molecular formula is C26H16F34O4S2. The lowest BCUT2D eigenvalue weighted by molar-refractivity contribution is -0.461. The molecule has 0 heterocycles. The molecule has 0 unspecified atom stereocenters. The first-order valence-electron chi connectivity index (χ1n) is 15.5. The number of alkyl halides is 34. The Hall–Kier alpha value is -2.74. The zero-order chi connectivity index (χ0) is 53.6. The number of carbonyl (C=O) groups is 2. The molecule has 0 N–H and O–H groups in total. The molecule has 0 saturated carbocycles. The van der Waals surface area contributed by atoms with Crippen molar-refractivity contribution in [3.8, 4) is 0 Å². The van der Waals surface area contributed by atoms with E-state index in [0.29, 0.717) is 21.6 Å². The molecule has 0 fully saturated rings. The highest BCUT2D eigenvalue weighted by Crippen LogP contribution is 2.66. The van der Waals surface area contributed by atoms with Crippen LogP contribution in [0.25, 0.3) is 0 Å². The van der Waals surface area contributed by atoms with Crippen molar-refractivity contribution in [3.63, 3.8) is 0 Å². The lowest BCUT2D eigenvalue weighted by atomic mass is 9.88. The summed E-state index contributed by atoms with van der Waals surface area (Å²) in [6.45, 7) is -2.22. The van der Waals surface area contributed by atoms with Crippen LogP contribution >= 0.6 is 21.6 Å². The smallest absolute Gasteiger partial charge is 0.460 e. The Bertz CT molecular complexity index is 1550. The Kier molecular flexibility index (Phi) is 18.1. The van der Waals surface area contributed by atoms with E-state index in [-0.39, 0.29) is 0 Å². The van der Waals surface area contributed by atoms with Gasteiger partial charge in [-0.3, -0.25) is 9.59 Å². The molecule has 0 aromatic carbocycles. The minimum Gasteiger partial charge on any atom is -0.465 e. The number of halogens is 34. The van der Waals surface area contributed by atoms with Gasteiger partial charge in [0.15, 0.2) is 0 Å². The zero-order valence-electron chi connectivity index (χ0n) is 30.0. The van der Waals surface area contributed by atoms with E-state index in [9.17, 15) is 159 Å². The zero-order valence-corrected chi connectivity index (χ0v) is 31.6. The van der Waals surface area contributed by atoms with Crippen molar-refractivity contribution in [2.75, 3.05) is 24.7 Å². The van der Waals surface area contributed by atoms with Gasteiger partial charge in [-0.05, 0) is 0 Å². The van der Waals surface area contributed by atoms with E-state index in [2.05, 4.69) is 9.47 Å². The van der Waals surface area contributed by atoms with Gasteiger partial charge in [-0.25, -0.2) is 0 Å². The molecule has 0 amide bonds. The Balaban J connectivity index is 5.32. The molecule has 0 aliphatic heterocycles. The Morgan fingerprint density at radius 1 is 0.288 bits per heavy atom. The maximum absolute atomic E-state index is 13.9. The SMILES string of the molecule is O=C(CCC(F)(F)C(F)(F)C(F)(F)C(F)(F)C(F)(F)C(F)(F)C(F)(F)C(F)(F)F)OCCSSCCOC(=O)CCC(F)(F)C(F)(F)C(F)(F)C(F)(F)C(F)(F)C(F)(F)C(F)(F)C(F)(F)F. The summed E-state index contributed by atoms with van der Waals surface area (Å²) in [5.41, 5.74) is 0. The van der Waals surface area contributed by atoms with Gasteiger partial charge in [-0.2, -0.15) is 149 Å². The normalized spacial score (nSPS) is 15.8. The van der Waals surface area contributed by atoms with Gasteiger partial charge >= 0.3 is 107 Å². The van der Waals surface area contributed by atoms with Gasteiger partial charge in [0.05, 0.1) is 12.8 Å². The summed E-state index contributed by atoms with van der Waals surface area (Å²) in [7, 11) is 0.729. The first-order chi connectivity index (χ1) is 28.5. The maximum atomic E-state index is 13.9. The van der Waals surface area contributed by atoms with Crippen LogP contribution in [0.2, 0.25) is 0 Å². The Morgan fingerprint density at radius 3 is 0.667 bits per heavy atom. The van der Waals surface area contributed by atoms with Crippen molar-refractivity contribution in [1.29, 1.82) is 0 Å². The summed E-state index contributed by atoms with van der Waals surface area (Å²) in [5.74, 6) is -123. The molecule has 0 bridgehead atoms. The third-order valence-corrected chi connectivity index (χ3v) is 10.1. The van der Waals surface area contributed by atoms with Crippen molar-refractivity contribution in [3.05, 3.63) is 0 Å². The molecule has 0 aliphatic rings. The van der Waals surface area contributed by atoms with Crippen LogP contribution in [0.5, 0.6) is 0 Å². The molecule has 0 spiro atoms. The second kappa shape index (κ2) is 18.9. The summed E-state index contributed by atoms with van der Waals surface area (Å²) in [4.78, 5) is 23.0. The number of esters is 2. The van der Waals surface area contributed by atoms with Crippen molar-refractivity contribution < 1.29 is 168 Å². The summed E-state index contributed by atoms with van der Waals surface area (Å²) < 4.78 is 460. The minimum atomic E-state index is -8.89. The number of carbonyl (C=O) groups excluding carboxylic acids is 2. The summed E-state index contributed by atoms with van der Waals surface area (Å²) in [5, 5.41) is 0. The van der Waals surface area contributed by atoms with Crippen LogP contribution in [0, 0.1) is 0 Å². The van der Waals surface area contributed by atoms with Crippen molar-refractivity contribution in [1.82, 2.24) is 0 Å². The van der Waals surface area contributed by atoms with Gasteiger partial charge in [0.25, 0.3) is 0 Å². The van der Waals surface area contributed by atoms with Crippen LogP contribution in [-0.4, -0.2) is 132 Å².